The predicted octanol–water partition coefficient (Wildman–Crippen LogP) is 2.83. The smallest absolute Gasteiger partial charge is 0.193 e. The van der Waals surface area contributed by atoms with Crippen LogP contribution in [0.5, 0.6) is 0 Å². The molecule has 22 heavy (non-hydrogen) atoms. The Hall–Kier alpha value is -2.11. The second-order valence-electron chi connectivity index (χ2n) is 6.19. The standard InChI is InChI=1S/C16H23N5O/c1-12-9-13(7-8-15(12)17)10-20-16(11-22)21(19-18-20)14-5-3-2-4-6-14/h7-9,11,14,16H,2-6,10,17H2,1H3. The maximum atomic E-state index is 11.6. The quantitative estimate of drug-likeness (QED) is 0.685. The molecule has 0 spiro atoms. The Balaban J connectivity index is 1.70. The number of hydrogen-bond donors (Lipinski definition) is 1. The Morgan fingerprint density at radius 3 is 2.73 bits per heavy atom. The first kappa shape index (κ1) is 14.8. The van der Waals surface area contributed by atoms with Crippen LogP contribution in [0.25, 0.3) is 0 Å². The Morgan fingerprint density at radius 2 is 2.05 bits per heavy atom. The second kappa shape index (κ2) is 6.34. The molecule has 2 aliphatic rings. The average Bonchev–Trinajstić information content (AvgIpc) is 2.94. The minimum Gasteiger partial charge on any atom is -0.399 e. The lowest BCUT2D eigenvalue weighted by Gasteiger charge is -2.32. The highest BCUT2D eigenvalue weighted by Crippen LogP contribution is 2.29. The van der Waals surface area contributed by atoms with Crippen molar-refractivity contribution in [1.29, 1.82) is 0 Å². The number of hydrogen-bond acceptors (Lipinski definition) is 6. The van der Waals surface area contributed by atoms with Crippen LogP contribution in [0.2, 0.25) is 0 Å². The van der Waals surface area contributed by atoms with Crippen LogP contribution in [0.4, 0.5) is 5.69 Å². The minimum atomic E-state index is -0.388. The number of nitrogens with two attached hydrogens (primary N) is 1. The summed E-state index contributed by atoms with van der Waals surface area (Å²) in [5.41, 5.74) is 8.76. The fourth-order valence-electron chi connectivity index (χ4n) is 3.26. The van der Waals surface area contributed by atoms with Gasteiger partial charge in [0.1, 0.15) is 0 Å². The lowest BCUT2D eigenvalue weighted by molar-refractivity contribution is -0.118. The van der Waals surface area contributed by atoms with E-state index in [9.17, 15) is 4.79 Å². The number of carbonyl (C=O) groups excluding carboxylic acids is 1. The maximum absolute atomic E-state index is 11.6. The molecule has 0 bridgehead atoms. The third-order valence-corrected chi connectivity index (χ3v) is 4.58. The van der Waals surface area contributed by atoms with E-state index in [1.54, 1.807) is 5.01 Å². The lowest BCUT2D eigenvalue weighted by atomic mass is 9.95. The van der Waals surface area contributed by atoms with Crippen molar-refractivity contribution >= 4 is 12.0 Å². The molecular weight excluding hydrogens is 278 g/mol. The molecule has 1 fully saturated rings. The molecule has 1 aromatic rings. The van der Waals surface area contributed by atoms with Gasteiger partial charge >= 0.3 is 0 Å². The molecule has 0 saturated heterocycles. The van der Waals surface area contributed by atoms with Gasteiger partial charge in [-0.1, -0.05) is 41.8 Å². The number of rotatable bonds is 4. The van der Waals surface area contributed by atoms with Crippen LogP contribution in [-0.4, -0.2) is 28.5 Å². The molecule has 1 aliphatic carbocycles. The van der Waals surface area contributed by atoms with E-state index in [0.717, 1.165) is 35.9 Å². The summed E-state index contributed by atoms with van der Waals surface area (Å²) in [5, 5.41) is 12.1. The number of anilines is 1. The van der Waals surface area contributed by atoms with Crippen molar-refractivity contribution in [3.63, 3.8) is 0 Å². The van der Waals surface area contributed by atoms with Crippen LogP contribution >= 0.6 is 0 Å². The van der Waals surface area contributed by atoms with Gasteiger partial charge in [0, 0.05) is 5.69 Å². The van der Waals surface area contributed by atoms with E-state index in [2.05, 4.69) is 10.4 Å². The van der Waals surface area contributed by atoms with E-state index >= 15 is 0 Å². The van der Waals surface area contributed by atoms with Gasteiger partial charge in [0.2, 0.25) is 0 Å². The first-order chi connectivity index (χ1) is 10.7. The number of carbonyl (C=O) groups is 1. The molecule has 1 heterocycles. The van der Waals surface area contributed by atoms with Crippen molar-refractivity contribution in [3.8, 4) is 0 Å². The predicted molar refractivity (Wildman–Crippen MR) is 84.6 cm³/mol. The Kier molecular flexibility index (Phi) is 4.27. The van der Waals surface area contributed by atoms with E-state index in [4.69, 9.17) is 5.73 Å². The monoisotopic (exact) mass is 301 g/mol. The van der Waals surface area contributed by atoms with Gasteiger partial charge < -0.3 is 5.73 Å². The van der Waals surface area contributed by atoms with Crippen molar-refractivity contribution < 1.29 is 4.79 Å². The number of nitrogen functional groups attached to an aromatic ring is 1. The van der Waals surface area contributed by atoms with Crippen LogP contribution in [0, 0.1) is 6.92 Å². The summed E-state index contributed by atoms with van der Waals surface area (Å²) in [6.07, 6.45) is 6.44. The van der Waals surface area contributed by atoms with Crippen LogP contribution in [-0.2, 0) is 11.3 Å². The maximum Gasteiger partial charge on any atom is 0.193 e. The summed E-state index contributed by atoms with van der Waals surface area (Å²) in [5.74, 6) is 0. The first-order valence-corrected chi connectivity index (χ1v) is 7.96. The highest BCUT2D eigenvalue weighted by Gasteiger charge is 2.35. The number of benzene rings is 1. The molecule has 0 aromatic heterocycles. The van der Waals surface area contributed by atoms with Crippen molar-refractivity contribution in [3.05, 3.63) is 29.3 Å². The zero-order valence-electron chi connectivity index (χ0n) is 13.0. The molecular formula is C16H23N5O. The topological polar surface area (TPSA) is 74.3 Å². The van der Waals surface area contributed by atoms with E-state index in [-0.39, 0.29) is 6.17 Å². The van der Waals surface area contributed by atoms with E-state index in [1.165, 1.54) is 19.3 Å². The first-order valence-electron chi connectivity index (χ1n) is 7.96. The fourth-order valence-corrected chi connectivity index (χ4v) is 3.26. The molecule has 1 saturated carbocycles. The van der Waals surface area contributed by atoms with Gasteiger partial charge in [-0.05, 0) is 37.0 Å². The summed E-state index contributed by atoms with van der Waals surface area (Å²) in [7, 11) is 0. The Bertz CT molecular complexity index is 568. The summed E-state index contributed by atoms with van der Waals surface area (Å²) in [6.45, 7) is 2.55. The fraction of sp³-hybridized carbons (Fsp3) is 0.562. The molecule has 6 nitrogen and oxygen atoms in total. The summed E-state index contributed by atoms with van der Waals surface area (Å²) >= 11 is 0. The Labute approximate surface area is 130 Å². The van der Waals surface area contributed by atoms with Gasteiger partial charge in [0.15, 0.2) is 12.5 Å². The SMILES string of the molecule is Cc1cc(CN2N=NN(C3CCCCC3)C2C=O)ccc1N. The average molecular weight is 301 g/mol. The van der Waals surface area contributed by atoms with Crippen LogP contribution in [0.15, 0.2) is 28.6 Å². The minimum absolute atomic E-state index is 0.339. The third kappa shape index (κ3) is 2.91. The summed E-state index contributed by atoms with van der Waals surface area (Å²) in [4.78, 5) is 11.6. The normalized spacial score (nSPS) is 22.3. The molecule has 1 unspecified atom stereocenters. The molecule has 118 valence electrons. The molecule has 0 radical (unpaired) electrons. The largest absolute Gasteiger partial charge is 0.399 e. The third-order valence-electron chi connectivity index (χ3n) is 4.58. The molecule has 0 amide bonds. The molecule has 1 aliphatic heterocycles. The van der Waals surface area contributed by atoms with Crippen molar-refractivity contribution in [2.45, 2.75) is 57.8 Å². The van der Waals surface area contributed by atoms with E-state index in [1.807, 2.05) is 30.1 Å². The van der Waals surface area contributed by atoms with Gasteiger partial charge in [-0.25, -0.2) is 10.0 Å². The zero-order chi connectivity index (χ0) is 15.5. The van der Waals surface area contributed by atoms with E-state index in [0.29, 0.717) is 12.6 Å². The highest BCUT2D eigenvalue weighted by molar-refractivity contribution is 5.57. The van der Waals surface area contributed by atoms with Gasteiger partial charge in [-0.15, -0.1) is 0 Å². The molecule has 6 heteroatoms. The van der Waals surface area contributed by atoms with Gasteiger partial charge in [0.25, 0.3) is 0 Å². The number of aryl methyl sites for hydroxylation is 1. The van der Waals surface area contributed by atoms with Crippen LogP contribution < -0.4 is 5.73 Å². The van der Waals surface area contributed by atoms with E-state index < -0.39 is 0 Å². The lowest BCUT2D eigenvalue weighted by Crippen LogP contribution is -2.45. The molecule has 1 atom stereocenters. The van der Waals surface area contributed by atoms with Gasteiger partial charge in [-0.2, -0.15) is 0 Å². The van der Waals surface area contributed by atoms with Crippen molar-refractivity contribution in [2.24, 2.45) is 10.4 Å². The molecule has 2 N–H and O–H groups in total. The highest BCUT2D eigenvalue weighted by atomic mass is 16.1. The molecule has 1 aromatic carbocycles. The van der Waals surface area contributed by atoms with Gasteiger partial charge in [0.05, 0.1) is 12.6 Å². The Morgan fingerprint density at radius 1 is 1.27 bits per heavy atom. The number of aldehydes is 1. The van der Waals surface area contributed by atoms with Gasteiger partial charge in [-0.3, -0.25) is 4.79 Å². The summed E-state index contributed by atoms with van der Waals surface area (Å²) in [6, 6.07) is 6.25. The zero-order valence-corrected chi connectivity index (χ0v) is 13.0. The molecule has 3 rings (SSSR count). The number of nitrogens with zero attached hydrogens (tertiary/aromatic N) is 4. The second-order valence-corrected chi connectivity index (χ2v) is 6.19. The van der Waals surface area contributed by atoms with Crippen molar-refractivity contribution in [1.82, 2.24) is 10.0 Å². The van der Waals surface area contributed by atoms with Crippen LogP contribution in [0.3, 0.4) is 0 Å². The van der Waals surface area contributed by atoms with Crippen molar-refractivity contribution in [2.75, 3.05) is 5.73 Å². The summed E-state index contributed by atoms with van der Waals surface area (Å²) < 4.78 is 0. The van der Waals surface area contributed by atoms with Crippen LogP contribution in [0.1, 0.15) is 43.2 Å².